The third-order valence-corrected chi connectivity index (χ3v) is 4.21. The van der Waals surface area contributed by atoms with Gasteiger partial charge < -0.3 is 15.2 Å². The van der Waals surface area contributed by atoms with Crippen molar-refractivity contribution in [2.24, 2.45) is 0 Å². The first-order valence-corrected chi connectivity index (χ1v) is 9.36. The Labute approximate surface area is 169 Å². The molecule has 2 N–H and O–H groups in total. The molecular weight excluding hydrogens is 368 g/mol. The van der Waals surface area contributed by atoms with Crippen LogP contribution in [0, 0.1) is 0 Å². The van der Waals surface area contributed by atoms with Crippen molar-refractivity contribution >= 4 is 11.9 Å². The average molecular weight is 390 g/mol. The van der Waals surface area contributed by atoms with E-state index in [0.29, 0.717) is 18.9 Å². The van der Waals surface area contributed by atoms with Gasteiger partial charge in [0.2, 0.25) is 11.8 Å². The lowest BCUT2D eigenvalue weighted by Crippen LogP contribution is -2.29. The normalized spacial score (nSPS) is 10.3. The van der Waals surface area contributed by atoms with E-state index in [2.05, 4.69) is 10.3 Å². The minimum atomic E-state index is -1.06. The molecule has 29 heavy (non-hydrogen) atoms. The standard InChI is InChI=1S/C23H22N2O4/c26-21(24-16-23(27)28)12-7-13-29-22-15-19(17-8-3-1-4-9-17)14-20(25-22)18-10-5-2-6-11-18/h1-6,8-11,14-15H,7,12-13,16H2,(H,24,26)(H,27,28). The second kappa shape index (κ2) is 10.0. The molecule has 3 rings (SSSR count). The molecule has 0 unspecified atom stereocenters. The summed E-state index contributed by atoms with van der Waals surface area (Å²) in [5.74, 6) is -0.895. The molecule has 1 heterocycles. The Morgan fingerprint density at radius 3 is 2.21 bits per heavy atom. The Hall–Kier alpha value is -3.67. The number of hydrogen-bond donors (Lipinski definition) is 2. The van der Waals surface area contributed by atoms with E-state index in [9.17, 15) is 9.59 Å². The number of benzene rings is 2. The van der Waals surface area contributed by atoms with Gasteiger partial charge in [-0.2, -0.15) is 0 Å². The van der Waals surface area contributed by atoms with Crippen LogP contribution in [0.3, 0.4) is 0 Å². The molecule has 1 amide bonds. The van der Waals surface area contributed by atoms with Gasteiger partial charge >= 0.3 is 5.97 Å². The number of pyridine rings is 1. The number of carbonyl (C=O) groups is 2. The number of nitrogens with one attached hydrogen (secondary N) is 1. The highest BCUT2D eigenvalue weighted by atomic mass is 16.5. The molecule has 0 aliphatic rings. The Morgan fingerprint density at radius 1 is 0.897 bits per heavy atom. The van der Waals surface area contributed by atoms with Crippen molar-refractivity contribution in [1.82, 2.24) is 10.3 Å². The van der Waals surface area contributed by atoms with Crippen LogP contribution in [0.4, 0.5) is 0 Å². The quantitative estimate of drug-likeness (QED) is 0.543. The molecule has 0 radical (unpaired) electrons. The lowest BCUT2D eigenvalue weighted by atomic mass is 10.0. The van der Waals surface area contributed by atoms with Gasteiger partial charge in [0.25, 0.3) is 0 Å². The summed E-state index contributed by atoms with van der Waals surface area (Å²) >= 11 is 0. The predicted molar refractivity (Wildman–Crippen MR) is 110 cm³/mol. The maximum atomic E-state index is 11.6. The van der Waals surface area contributed by atoms with Crippen LogP contribution < -0.4 is 10.1 Å². The lowest BCUT2D eigenvalue weighted by molar-refractivity contribution is -0.137. The average Bonchev–Trinajstić information content (AvgIpc) is 2.76. The lowest BCUT2D eigenvalue weighted by Gasteiger charge is -2.11. The van der Waals surface area contributed by atoms with Crippen molar-refractivity contribution in [2.75, 3.05) is 13.2 Å². The third kappa shape index (κ3) is 6.17. The SMILES string of the molecule is O=C(O)CNC(=O)CCCOc1cc(-c2ccccc2)cc(-c2ccccc2)n1. The Morgan fingerprint density at radius 2 is 1.55 bits per heavy atom. The fourth-order valence-electron chi connectivity index (χ4n) is 2.81. The number of rotatable bonds is 9. The van der Waals surface area contributed by atoms with Crippen molar-refractivity contribution in [1.29, 1.82) is 0 Å². The first-order chi connectivity index (χ1) is 14.1. The zero-order chi connectivity index (χ0) is 20.5. The van der Waals surface area contributed by atoms with Crippen molar-refractivity contribution < 1.29 is 19.4 Å². The van der Waals surface area contributed by atoms with Crippen molar-refractivity contribution in [2.45, 2.75) is 12.8 Å². The molecule has 2 aromatic carbocycles. The molecule has 0 fully saturated rings. The molecule has 0 saturated heterocycles. The smallest absolute Gasteiger partial charge is 0.322 e. The number of ether oxygens (including phenoxy) is 1. The summed E-state index contributed by atoms with van der Waals surface area (Å²) in [7, 11) is 0. The fourth-order valence-corrected chi connectivity index (χ4v) is 2.81. The highest BCUT2D eigenvalue weighted by molar-refractivity contribution is 5.81. The van der Waals surface area contributed by atoms with Crippen molar-refractivity contribution in [3.8, 4) is 28.3 Å². The number of hydrogen-bond acceptors (Lipinski definition) is 4. The number of aromatic nitrogens is 1. The molecule has 3 aromatic rings. The monoisotopic (exact) mass is 390 g/mol. The zero-order valence-electron chi connectivity index (χ0n) is 15.9. The van der Waals surface area contributed by atoms with E-state index in [1.54, 1.807) is 0 Å². The van der Waals surface area contributed by atoms with E-state index in [-0.39, 0.29) is 18.9 Å². The zero-order valence-corrected chi connectivity index (χ0v) is 15.9. The summed E-state index contributed by atoms with van der Waals surface area (Å²) in [5.41, 5.74) is 3.85. The van der Waals surface area contributed by atoms with Gasteiger partial charge in [-0.25, -0.2) is 4.98 Å². The molecule has 1 aromatic heterocycles. The Balaban J connectivity index is 1.71. The minimum Gasteiger partial charge on any atom is -0.480 e. The maximum Gasteiger partial charge on any atom is 0.322 e. The van der Waals surface area contributed by atoms with Gasteiger partial charge in [-0.1, -0.05) is 60.7 Å². The summed E-state index contributed by atoms with van der Waals surface area (Å²) in [4.78, 5) is 26.7. The first kappa shape index (κ1) is 20.1. The molecule has 0 atom stereocenters. The fraction of sp³-hybridized carbons (Fsp3) is 0.174. The van der Waals surface area contributed by atoms with Crippen LogP contribution in [0.5, 0.6) is 5.88 Å². The van der Waals surface area contributed by atoms with Crippen LogP contribution in [0.2, 0.25) is 0 Å². The molecule has 0 bridgehead atoms. The summed E-state index contributed by atoms with van der Waals surface area (Å²) in [6.07, 6.45) is 0.653. The van der Waals surface area contributed by atoms with E-state index in [1.165, 1.54) is 0 Å². The highest BCUT2D eigenvalue weighted by Crippen LogP contribution is 2.28. The van der Waals surface area contributed by atoms with E-state index >= 15 is 0 Å². The van der Waals surface area contributed by atoms with Gasteiger partial charge in [-0.05, 0) is 23.6 Å². The number of aliphatic carboxylic acids is 1. The number of carboxylic acid groups (broad SMARTS) is 1. The van der Waals surface area contributed by atoms with Crippen LogP contribution in [0.1, 0.15) is 12.8 Å². The summed E-state index contributed by atoms with van der Waals surface area (Å²) < 4.78 is 5.80. The molecule has 0 aliphatic carbocycles. The van der Waals surface area contributed by atoms with Crippen molar-refractivity contribution in [3.05, 3.63) is 72.8 Å². The van der Waals surface area contributed by atoms with Gasteiger partial charge in [0.1, 0.15) is 6.54 Å². The molecular formula is C23H22N2O4. The van der Waals surface area contributed by atoms with Crippen LogP contribution in [-0.4, -0.2) is 35.1 Å². The van der Waals surface area contributed by atoms with Crippen LogP contribution in [0.15, 0.2) is 72.8 Å². The van der Waals surface area contributed by atoms with Crippen LogP contribution >= 0.6 is 0 Å². The summed E-state index contributed by atoms with van der Waals surface area (Å²) in [6.45, 7) is -0.0687. The Kier molecular flexibility index (Phi) is 6.95. The molecule has 0 aliphatic heterocycles. The summed E-state index contributed by atoms with van der Waals surface area (Å²) in [5, 5.41) is 10.9. The largest absolute Gasteiger partial charge is 0.480 e. The number of nitrogens with zero attached hydrogens (tertiary/aromatic N) is 1. The predicted octanol–water partition coefficient (Wildman–Crippen LogP) is 3.78. The number of carbonyl (C=O) groups excluding carboxylic acids is 1. The topological polar surface area (TPSA) is 88.5 Å². The summed E-state index contributed by atoms with van der Waals surface area (Å²) in [6, 6.07) is 23.8. The molecule has 6 nitrogen and oxygen atoms in total. The third-order valence-electron chi connectivity index (χ3n) is 4.21. The number of amides is 1. The molecule has 6 heteroatoms. The number of carboxylic acids is 1. The van der Waals surface area contributed by atoms with Gasteiger partial charge in [-0.3, -0.25) is 9.59 Å². The van der Waals surface area contributed by atoms with E-state index in [0.717, 1.165) is 22.4 Å². The van der Waals surface area contributed by atoms with E-state index in [1.807, 2.05) is 72.8 Å². The van der Waals surface area contributed by atoms with Gasteiger partial charge in [-0.15, -0.1) is 0 Å². The molecule has 0 spiro atoms. The Bertz CT molecular complexity index is 901. The second-order valence-electron chi connectivity index (χ2n) is 6.43. The second-order valence-corrected chi connectivity index (χ2v) is 6.43. The van der Waals surface area contributed by atoms with Crippen molar-refractivity contribution in [3.63, 3.8) is 0 Å². The van der Waals surface area contributed by atoms with Crippen LogP contribution in [-0.2, 0) is 9.59 Å². The first-order valence-electron chi connectivity index (χ1n) is 9.36. The van der Waals surface area contributed by atoms with E-state index in [4.69, 9.17) is 9.84 Å². The molecule has 148 valence electrons. The highest BCUT2D eigenvalue weighted by Gasteiger charge is 2.09. The van der Waals surface area contributed by atoms with Gasteiger partial charge in [0.05, 0.1) is 12.3 Å². The van der Waals surface area contributed by atoms with Gasteiger partial charge in [0.15, 0.2) is 0 Å². The van der Waals surface area contributed by atoms with Crippen LogP contribution in [0.25, 0.3) is 22.4 Å². The molecule has 0 saturated carbocycles. The van der Waals surface area contributed by atoms with Gasteiger partial charge in [0, 0.05) is 18.1 Å². The minimum absolute atomic E-state index is 0.192. The maximum absolute atomic E-state index is 11.6. The van der Waals surface area contributed by atoms with E-state index < -0.39 is 5.97 Å².